The fourth-order valence-electron chi connectivity index (χ4n) is 1.11. The summed E-state index contributed by atoms with van der Waals surface area (Å²) >= 11 is 0. The van der Waals surface area contributed by atoms with Crippen molar-refractivity contribution in [2.75, 3.05) is 14.2 Å². The van der Waals surface area contributed by atoms with Gasteiger partial charge in [-0.3, -0.25) is 0 Å². The van der Waals surface area contributed by atoms with Gasteiger partial charge in [-0.25, -0.2) is 4.39 Å². The van der Waals surface area contributed by atoms with Crippen LogP contribution in [0.5, 0.6) is 5.75 Å². The molecule has 0 aromatic heterocycles. The molecule has 1 aromatic rings. The first-order valence-corrected chi connectivity index (χ1v) is 4.19. The number of halogens is 1. The molecule has 0 saturated heterocycles. The molecule has 0 aliphatic carbocycles. The summed E-state index contributed by atoms with van der Waals surface area (Å²) in [6, 6.07) is 5.08. The van der Waals surface area contributed by atoms with Gasteiger partial charge in [0.05, 0.1) is 7.11 Å². The summed E-state index contributed by atoms with van der Waals surface area (Å²) in [6.07, 6.45) is 0. The molecule has 72 valence electrons. The summed E-state index contributed by atoms with van der Waals surface area (Å²) in [6.45, 7) is 2.01. The van der Waals surface area contributed by atoms with Crippen LogP contribution >= 0.6 is 0 Å². The number of hydrogen-bond donors (Lipinski definition) is 1. The lowest BCUT2D eigenvalue weighted by Gasteiger charge is -2.11. The average Bonchev–Trinajstić information content (AvgIpc) is 2.17. The van der Waals surface area contributed by atoms with Crippen molar-refractivity contribution in [2.45, 2.75) is 13.0 Å². The molecule has 0 bridgehead atoms. The molecule has 1 atom stereocenters. The average molecular weight is 183 g/mol. The Balaban J connectivity index is 2.99. The molecule has 0 saturated carbocycles. The summed E-state index contributed by atoms with van der Waals surface area (Å²) in [5.41, 5.74) is 1.01. The van der Waals surface area contributed by atoms with Crippen molar-refractivity contribution in [3.8, 4) is 5.75 Å². The molecule has 0 aliphatic heterocycles. The van der Waals surface area contributed by atoms with Crippen molar-refractivity contribution in [1.82, 2.24) is 5.32 Å². The molecular weight excluding hydrogens is 169 g/mol. The second kappa shape index (κ2) is 4.23. The third-order valence-corrected chi connectivity index (χ3v) is 2.11. The van der Waals surface area contributed by atoms with E-state index in [1.807, 2.05) is 14.0 Å². The molecule has 0 amide bonds. The first-order valence-electron chi connectivity index (χ1n) is 4.19. The number of nitrogens with one attached hydrogen (secondary N) is 1. The number of methoxy groups -OCH3 is 1. The first-order chi connectivity index (χ1) is 6.19. The van der Waals surface area contributed by atoms with E-state index >= 15 is 0 Å². The van der Waals surface area contributed by atoms with Gasteiger partial charge in [-0.05, 0) is 31.7 Å². The zero-order valence-corrected chi connectivity index (χ0v) is 8.10. The summed E-state index contributed by atoms with van der Waals surface area (Å²) in [7, 11) is 3.33. The molecule has 2 nitrogen and oxygen atoms in total. The van der Waals surface area contributed by atoms with Crippen molar-refractivity contribution in [1.29, 1.82) is 0 Å². The van der Waals surface area contributed by atoms with Crippen LogP contribution in [0.15, 0.2) is 18.2 Å². The predicted octanol–water partition coefficient (Wildman–Crippen LogP) is 2.11. The Hall–Kier alpha value is -1.09. The van der Waals surface area contributed by atoms with Gasteiger partial charge in [0.25, 0.3) is 0 Å². The second-order valence-corrected chi connectivity index (χ2v) is 2.90. The molecule has 1 rings (SSSR count). The topological polar surface area (TPSA) is 21.3 Å². The summed E-state index contributed by atoms with van der Waals surface area (Å²) in [4.78, 5) is 0. The number of rotatable bonds is 3. The normalized spacial score (nSPS) is 12.6. The van der Waals surface area contributed by atoms with Crippen LogP contribution in [0.25, 0.3) is 0 Å². The lowest BCUT2D eigenvalue weighted by Crippen LogP contribution is -2.12. The van der Waals surface area contributed by atoms with E-state index in [1.165, 1.54) is 13.2 Å². The molecule has 0 fully saturated rings. The van der Waals surface area contributed by atoms with Gasteiger partial charge < -0.3 is 10.1 Å². The fourth-order valence-corrected chi connectivity index (χ4v) is 1.11. The van der Waals surface area contributed by atoms with Gasteiger partial charge in [0, 0.05) is 6.04 Å². The zero-order valence-electron chi connectivity index (χ0n) is 8.10. The maximum Gasteiger partial charge on any atom is 0.165 e. The maximum absolute atomic E-state index is 13.0. The highest BCUT2D eigenvalue weighted by molar-refractivity contribution is 5.31. The van der Waals surface area contributed by atoms with E-state index in [0.717, 1.165) is 5.56 Å². The van der Waals surface area contributed by atoms with Crippen molar-refractivity contribution in [3.05, 3.63) is 29.6 Å². The summed E-state index contributed by atoms with van der Waals surface area (Å²) in [5, 5.41) is 3.07. The number of benzene rings is 1. The molecule has 0 aliphatic rings. The molecule has 13 heavy (non-hydrogen) atoms. The highest BCUT2D eigenvalue weighted by Crippen LogP contribution is 2.21. The highest BCUT2D eigenvalue weighted by atomic mass is 19.1. The summed E-state index contributed by atoms with van der Waals surface area (Å²) in [5.74, 6) is -0.0332. The Morgan fingerprint density at radius 2 is 2.15 bits per heavy atom. The van der Waals surface area contributed by atoms with Crippen LogP contribution in [-0.4, -0.2) is 14.2 Å². The molecular formula is C10H14FNO. The molecule has 0 heterocycles. The van der Waals surface area contributed by atoms with Crippen LogP contribution in [-0.2, 0) is 0 Å². The molecule has 0 spiro atoms. The van der Waals surface area contributed by atoms with Crippen molar-refractivity contribution >= 4 is 0 Å². The Morgan fingerprint density at radius 1 is 1.46 bits per heavy atom. The highest BCUT2D eigenvalue weighted by Gasteiger charge is 2.07. The maximum atomic E-state index is 13.0. The van der Waals surface area contributed by atoms with Crippen LogP contribution in [0, 0.1) is 5.82 Å². The van der Waals surface area contributed by atoms with Crippen LogP contribution in [0.3, 0.4) is 0 Å². The predicted molar refractivity (Wildman–Crippen MR) is 50.4 cm³/mol. The smallest absolute Gasteiger partial charge is 0.165 e. The van der Waals surface area contributed by atoms with E-state index in [-0.39, 0.29) is 11.9 Å². The Morgan fingerprint density at radius 3 is 2.69 bits per heavy atom. The third-order valence-electron chi connectivity index (χ3n) is 2.11. The van der Waals surface area contributed by atoms with Gasteiger partial charge in [-0.1, -0.05) is 6.07 Å². The van der Waals surface area contributed by atoms with Crippen molar-refractivity contribution in [3.63, 3.8) is 0 Å². The monoisotopic (exact) mass is 183 g/mol. The van der Waals surface area contributed by atoms with Crippen LogP contribution in [0.2, 0.25) is 0 Å². The Bertz CT molecular complexity index is 288. The fraction of sp³-hybridized carbons (Fsp3) is 0.400. The molecule has 3 heteroatoms. The third kappa shape index (κ3) is 2.18. The number of hydrogen-bond acceptors (Lipinski definition) is 2. The largest absolute Gasteiger partial charge is 0.494 e. The standard InChI is InChI=1S/C10H14FNO/c1-7(12-2)8-4-5-9(11)10(6-8)13-3/h4-7,12H,1-3H3/t7-/m0/s1. The minimum absolute atomic E-state index is 0.203. The molecule has 0 unspecified atom stereocenters. The van der Waals surface area contributed by atoms with Crippen LogP contribution in [0.1, 0.15) is 18.5 Å². The SMILES string of the molecule is CN[C@@H](C)c1ccc(F)c(OC)c1. The van der Waals surface area contributed by atoms with Crippen LogP contribution < -0.4 is 10.1 Å². The van der Waals surface area contributed by atoms with E-state index in [1.54, 1.807) is 12.1 Å². The van der Waals surface area contributed by atoms with Gasteiger partial charge in [0.2, 0.25) is 0 Å². The van der Waals surface area contributed by atoms with Crippen molar-refractivity contribution in [2.24, 2.45) is 0 Å². The van der Waals surface area contributed by atoms with Gasteiger partial charge in [0.15, 0.2) is 11.6 Å². The van der Waals surface area contributed by atoms with E-state index < -0.39 is 0 Å². The van der Waals surface area contributed by atoms with E-state index in [0.29, 0.717) is 5.75 Å². The molecule has 0 radical (unpaired) electrons. The lowest BCUT2D eigenvalue weighted by atomic mass is 10.1. The number of ether oxygens (including phenoxy) is 1. The van der Waals surface area contributed by atoms with Crippen molar-refractivity contribution < 1.29 is 9.13 Å². The van der Waals surface area contributed by atoms with Crippen LogP contribution in [0.4, 0.5) is 4.39 Å². The zero-order chi connectivity index (χ0) is 9.84. The van der Waals surface area contributed by atoms with E-state index in [4.69, 9.17) is 4.74 Å². The van der Waals surface area contributed by atoms with Gasteiger partial charge in [-0.15, -0.1) is 0 Å². The first kappa shape index (κ1) is 9.99. The molecule has 1 aromatic carbocycles. The lowest BCUT2D eigenvalue weighted by molar-refractivity contribution is 0.385. The van der Waals surface area contributed by atoms with E-state index in [2.05, 4.69) is 5.32 Å². The summed E-state index contributed by atoms with van der Waals surface area (Å²) < 4.78 is 17.9. The minimum Gasteiger partial charge on any atom is -0.494 e. The van der Waals surface area contributed by atoms with Gasteiger partial charge in [-0.2, -0.15) is 0 Å². The van der Waals surface area contributed by atoms with Gasteiger partial charge in [0.1, 0.15) is 0 Å². The Kier molecular flexibility index (Phi) is 3.25. The van der Waals surface area contributed by atoms with Gasteiger partial charge >= 0.3 is 0 Å². The Labute approximate surface area is 77.7 Å². The van der Waals surface area contributed by atoms with E-state index in [9.17, 15) is 4.39 Å². The molecule has 1 N–H and O–H groups in total. The minimum atomic E-state index is -0.324. The quantitative estimate of drug-likeness (QED) is 0.775. The second-order valence-electron chi connectivity index (χ2n) is 2.90.